The molecular formula is C9H11ClN4O. The van der Waals surface area contributed by atoms with Crippen molar-refractivity contribution in [3.05, 3.63) is 29.2 Å². The number of hydrogen-bond donors (Lipinski definition) is 2. The Labute approximate surface area is 91.7 Å². The first-order valence-corrected chi connectivity index (χ1v) is 4.93. The normalized spacial score (nSPS) is 13.3. The number of aromatic nitrogens is 3. The van der Waals surface area contributed by atoms with Gasteiger partial charge in [0.1, 0.15) is 11.8 Å². The first-order valence-electron chi connectivity index (χ1n) is 4.56. The molecule has 0 aliphatic heterocycles. The molecule has 0 saturated heterocycles. The Bertz CT molecular complexity index is 470. The molecule has 15 heavy (non-hydrogen) atoms. The highest BCUT2D eigenvalue weighted by Crippen LogP contribution is 2.22. The van der Waals surface area contributed by atoms with Crippen LogP contribution >= 0.6 is 11.6 Å². The number of hydrogen-bond acceptors (Lipinski definition) is 4. The lowest BCUT2D eigenvalue weighted by molar-refractivity contribution is 0.173. The zero-order chi connectivity index (χ0) is 10.8. The number of likely N-dealkylation sites (N-methyl/N-ethyl adjacent to an activating group) is 1. The van der Waals surface area contributed by atoms with Gasteiger partial charge in [-0.1, -0.05) is 11.6 Å². The van der Waals surface area contributed by atoms with Gasteiger partial charge in [0.25, 0.3) is 0 Å². The van der Waals surface area contributed by atoms with Gasteiger partial charge in [0, 0.05) is 12.7 Å². The van der Waals surface area contributed by atoms with Crippen molar-refractivity contribution >= 4 is 17.2 Å². The summed E-state index contributed by atoms with van der Waals surface area (Å²) < 4.78 is 1.50. The molecule has 2 aromatic rings. The lowest BCUT2D eigenvalue weighted by Gasteiger charge is -2.06. The maximum absolute atomic E-state index is 9.75. The van der Waals surface area contributed by atoms with E-state index in [9.17, 15) is 5.11 Å². The molecule has 0 spiro atoms. The zero-order valence-corrected chi connectivity index (χ0v) is 8.94. The number of imidazole rings is 1. The van der Waals surface area contributed by atoms with E-state index in [-0.39, 0.29) is 0 Å². The molecule has 2 N–H and O–H groups in total. The second-order valence-corrected chi connectivity index (χ2v) is 3.51. The van der Waals surface area contributed by atoms with Crippen molar-refractivity contribution in [1.29, 1.82) is 0 Å². The average molecular weight is 227 g/mol. The van der Waals surface area contributed by atoms with Crippen LogP contribution in [0.5, 0.6) is 0 Å². The minimum absolute atomic E-state index is 0.355. The summed E-state index contributed by atoms with van der Waals surface area (Å²) in [5, 5.41) is 17.0. The van der Waals surface area contributed by atoms with Gasteiger partial charge in [-0.15, -0.1) is 0 Å². The molecule has 0 aromatic carbocycles. The first kappa shape index (κ1) is 10.4. The largest absolute Gasteiger partial charge is 0.385 e. The van der Waals surface area contributed by atoms with Crippen LogP contribution in [0.15, 0.2) is 18.3 Å². The molecule has 0 aliphatic carbocycles. The second-order valence-electron chi connectivity index (χ2n) is 3.15. The summed E-state index contributed by atoms with van der Waals surface area (Å²) in [5.41, 5.74) is 1.08. The van der Waals surface area contributed by atoms with Crippen molar-refractivity contribution in [2.75, 3.05) is 13.6 Å². The zero-order valence-electron chi connectivity index (χ0n) is 8.18. The van der Waals surface area contributed by atoms with Gasteiger partial charge >= 0.3 is 0 Å². The molecule has 2 heterocycles. The molecule has 2 aromatic heterocycles. The molecule has 0 radical (unpaired) electrons. The van der Waals surface area contributed by atoms with E-state index in [2.05, 4.69) is 15.4 Å². The van der Waals surface area contributed by atoms with Gasteiger partial charge in [0.15, 0.2) is 10.8 Å². The van der Waals surface area contributed by atoms with E-state index in [4.69, 9.17) is 11.6 Å². The van der Waals surface area contributed by atoms with Crippen molar-refractivity contribution in [3.8, 4) is 0 Å². The van der Waals surface area contributed by atoms with Crippen LogP contribution in [0.3, 0.4) is 0 Å². The summed E-state index contributed by atoms with van der Waals surface area (Å²) >= 11 is 6.04. The predicted molar refractivity (Wildman–Crippen MR) is 56.9 cm³/mol. The summed E-state index contributed by atoms with van der Waals surface area (Å²) in [6, 6.07) is 3.56. The lowest BCUT2D eigenvalue weighted by Crippen LogP contribution is -2.17. The molecule has 1 unspecified atom stereocenters. The second kappa shape index (κ2) is 4.14. The third-order valence-corrected chi connectivity index (χ3v) is 2.43. The fraction of sp³-hybridized carbons (Fsp3) is 0.333. The molecule has 80 valence electrons. The van der Waals surface area contributed by atoms with Gasteiger partial charge in [-0.3, -0.25) is 0 Å². The number of fused-ring (bicyclic) bond motifs is 1. The van der Waals surface area contributed by atoms with Gasteiger partial charge in [0.2, 0.25) is 0 Å². The summed E-state index contributed by atoms with van der Waals surface area (Å²) in [6.45, 7) is 0.406. The highest BCUT2D eigenvalue weighted by atomic mass is 35.5. The van der Waals surface area contributed by atoms with E-state index >= 15 is 0 Å². The van der Waals surface area contributed by atoms with Crippen molar-refractivity contribution < 1.29 is 5.11 Å². The van der Waals surface area contributed by atoms with Gasteiger partial charge in [-0.2, -0.15) is 5.10 Å². The average Bonchev–Trinajstić information content (AvgIpc) is 2.57. The summed E-state index contributed by atoms with van der Waals surface area (Å²) in [6.07, 6.45) is 0.901. The number of rotatable bonds is 3. The molecule has 6 heteroatoms. The smallest absolute Gasteiger partial charge is 0.157 e. The first-order chi connectivity index (χ1) is 7.24. The van der Waals surface area contributed by atoms with Crippen LogP contribution in [0.2, 0.25) is 5.15 Å². The van der Waals surface area contributed by atoms with E-state index in [1.165, 1.54) is 4.52 Å². The van der Waals surface area contributed by atoms with Crippen LogP contribution in [0.1, 0.15) is 11.8 Å². The van der Waals surface area contributed by atoms with E-state index in [0.29, 0.717) is 23.0 Å². The van der Waals surface area contributed by atoms with Gasteiger partial charge in [-0.25, -0.2) is 9.50 Å². The van der Waals surface area contributed by atoms with Crippen molar-refractivity contribution in [1.82, 2.24) is 19.9 Å². The molecule has 5 nitrogen and oxygen atoms in total. The molecule has 0 bridgehead atoms. The van der Waals surface area contributed by atoms with Crippen LogP contribution in [0.4, 0.5) is 0 Å². The number of halogens is 1. The topological polar surface area (TPSA) is 62.5 Å². The number of nitrogens with one attached hydrogen (secondary N) is 1. The van der Waals surface area contributed by atoms with Crippen molar-refractivity contribution in [2.24, 2.45) is 0 Å². The van der Waals surface area contributed by atoms with Crippen LogP contribution in [0.25, 0.3) is 5.65 Å². The Balaban J connectivity index is 2.48. The maximum atomic E-state index is 9.75. The van der Waals surface area contributed by atoms with Gasteiger partial charge in [-0.05, 0) is 19.2 Å². The third kappa shape index (κ3) is 1.81. The molecule has 0 amide bonds. The third-order valence-electron chi connectivity index (χ3n) is 2.08. The standard InChI is InChI=1S/C9H11ClN4O/c1-11-5-6(15)8-9(10)14-7(13-8)3-2-4-12-14/h2-4,6,11,15H,5H2,1H3. The summed E-state index contributed by atoms with van der Waals surface area (Å²) in [5.74, 6) is 0. The van der Waals surface area contributed by atoms with Crippen LogP contribution in [-0.2, 0) is 0 Å². The predicted octanol–water partition coefficient (Wildman–Crippen LogP) is 0.635. The summed E-state index contributed by atoms with van der Waals surface area (Å²) in [7, 11) is 1.76. The number of aliphatic hydroxyl groups is 1. The fourth-order valence-corrected chi connectivity index (χ4v) is 1.68. The monoisotopic (exact) mass is 226 g/mol. The van der Waals surface area contributed by atoms with Crippen LogP contribution in [-0.4, -0.2) is 33.3 Å². The minimum Gasteiger partial charge on any atom is -0.385 e. The molecule has 1 atom stereocenters. The minimum atomic E-state index is -0.718. The SMILES string of the molecule is CNCC(O)c1nc2cccnn2c1Cl. The van der Waals surface area contributed by atoms with Crippen LogP contribution in [0, 0.1) is 0 Å². The Kier molecular flexibility index (Phi) is 2.86. The molecule has 0 fully saturated rings. The molecule has 0 saturated carbocycles. The Hall–Kier alpha value is -1.17. The summed E-state index contributed by atoms with van der Waals surface area (Å²) in [4.78, 5) is 4.21. The Morgan fingerprint density at radius 3 is 3.13 bits per heavy atom. The molecular weight excluding hydrogens is 216 g/mol. The number of nitrogens with zero attached hydrogens (tertiary/aromatic N) is 3. The number of aliphatic hydroxyl groups excluding tert-OH is 1. The van der Waals surface area contributed by atoms with E-state index in [1.807, 2.05) is 0 Å². The lowest BCUT2D eigenvalue weighted by atomic mass is 10.3. The van der Waals surface area contributed by atoms with Crippen molar-refractivity contribution in [3.63, 3.8) is 0 Å². The van der Waals surface area contributed by atoms with Crippen molar-refractivity contribution in [2.45, 2.75) is 6.10 Å². The van der Waals surface area contributed by atoms with Gasteiger partial charge < -0.3 is 10.4 Å². The highest BCUT2D eigenvalue weighted by molar-refractivity contribution is 6.30. The molecule has 0 aliphatic rings. The highest BCUT2D eigenvalue weighted by Gasteiger charge is 2.17. The fourth-order valence-electron chi connectivity index (χ4n) is 1.38. The Morgan fingerprint density at radius 1 is 1.67 bits per heavy atom. The molecule has 2 rings (SSSR count). The quantitative estimate of drug-likeness (QED) is 0.806. The van der Waals surface area contributed by atoms with E-state index in [0.717, 1.165) is 0 Å². The van der Waals surface area contributed by atoms with Gasteiger partial charge in [0.05, 0.1) is 0 Å². The van der Waals surface area contributed by atoms with Crippen LogP contribution < -0.4 is 5.32 Å². The Morgan fingerprint density at radius 2 is 2.47 bits per heavy atom. The van der Waals surface area contributed by atoms with E-state index in [1.54, 1.807) is 25.4 Å². The van der Waals surface area contributed by atoms with E-state index < -0.39 is 6.10 Å². The maximum Gasteiger partial charge on any atom is 0.157 e.